The zero-order chi connectivity index (χ0) is 16.7. The van der Waals surface area contributed by atoms with Crippen molar-refractivity contribution < 1.29 is 0 Å². The molecule has 4 rings (SSSR count). The van der Waals surface area contributed by atoms with E-state index in [9.17, 15) is 9.59 Å². The zero-order valence-corrected chi connectivity index (χ0v) is 12.9. The maximum Gasteiger partial charge on any atom is 0.363 e. The van der Waals surface area contributed by atoms with E-state index >= 15 is 0 Å². The predicted molar refractivity (Wildman–Crippen MR) is 88.7 cm³/mol. The van der Waals surface area contributed by atoms with Gasteiger partial charge >= 0.3 is 5.69 Å². The molecule has 0 aliphatic rings. The van der Waals surface area contributed by atoms with Crippen molar-refractivity contribution in [1.29, 1.82) is 0 Å². The van der Waals surface area contributed by atoms with Gasteiger partial charge in [0.2, 0.25) is 0 Å². The number of hydrogen-bond donors (Lipinski definition) is 1. The van der Waals surface area contributed by atoms with Crippen LogP contribution in [0.25, 0.3) is 22.4 Å². The summed E-state index contributed by atoms with van der Waals surface area (Å²) in [5, 5.41) is 8.97. The van der Waals surface area contributed by atoms with Gasteiger partial charge in [0.1, 0.15) is 11.7 Å². The molecule has 0 aliphatic heterocycles. The zero-order valence-electron chi connectivity index (χ0n) is 12.0. The number of fused-ring (bicyclic) bond motifs is 1. The van der Waals surface area contributed by atoms with Crippen LogP contribution in [0.5, 0.6) is 0 Å². The summed E-state index contributed by atoms with van der Waals surface area (Å²) in [6, 6.07) is 5.34. The lowest BCUT2D eigenvalue weighted by Crippen LogP contribution is -2.36. The van der Waals surface area contributed by atoms with Crippen LogP contribution in [0.3, 0.4) is 0 Å². The molecule has 0 radical (unpaired) electrons. The molecule has 0 saturated heterocycles. The van der Waals surface area contributed by atoms with Gasteiger partial charge in [0.25, 0.3) is 5.56 Å². The molecule has 0 N–H and O–H groups in total. The molecule has 4 aromatic heterocycles. The fourth-order valence-corrected chi connectivity index (χ4v) is 2.34. The largest absolute Gasteiger partial charge is 0.363 e. The highest BCUT2D eigenvalue weighted by atomic mass is 32.1. The van der Waals surface area contributed by atoms with Crippen molar-refractivity contribution >= 4 is 23.7 Å². The average Bonchev–Trinajstić information content (AvgIpc) is 3.04. The standard InChI is InChI=1S/C14H9N7O2S/c22-13-7-17-20(14(23)21(13)24)12-4-9-8-19(18-11(9)6-16-12)10-2-1-3-15-5-10/h1-8,24H. The second-order valence-electron chi connectivity index (χ2n) is 4.88. The van der Waals surface area contributed by atoms with Gasteiger partial charge in [0.15, 0.2) is 5.82 Å². The van der Waals surface area contributed by atoms with E-state index in [2.05, 4.69) is 33.0 Å². The Balaban J connectivity index is 1.86. The molecule has 0 saturated carbocycles. The summed E-state index contributed by atoms with van der Waals surface area (Å²) in [4.78, 5) is 31.7. The topological polar surface area (TPSA) is 100 Å². The molecule has 0 unspecified atom stereocenters. The first kappa shape index (κ1) is 14.3. The van der Waals surface area contributed by atoms with Crippen LogP contribution in [0, 0.1) is 0 Å². The lowest BCUT2D eigenvalue weighted by Gasteiger charge is -2.03. The minimum Gasteiger partial charge on any atom is -0.266 e. The van der Waals surface area contributed by atoms with E-state index < -0.39 is 11.2 Å². The number of nitrogens with zero attached hydrogens (tertiary/aromatic N) is 7. The van der Waals surface area contributed by atoms with E-state index in [0.29, 0.717) is 9.49 Å². The van der Waals surface area contributed by atoms with Crippen LogP contribution in [0.4, 0.5) is 0 Å². The molecule has 0 atom stereocenters. The van der Waals surface area contributed by atoms with Crippen LogP contribution in [0.15, 0.2) is 58.8 Å². The third-order valence-corrected chi connectivity index (χ3v) is 3.73. The third-order valence-electron chi connectivity index (χ3n) is 3.36. The summed E-state index contributed by atoms with van der Waals surface area (Å²) in [6.07, 6.45) is 7.68. The van der Waals surface area contributed by atoms with Gasteiger partial charge in [-0.1, -0.05) is 12.8 Å². The Labute approximate surface area is 139 Å². The van der Waals surface area contributed by atoms with E-state index in [-0.39, 0.29) is 5.82 Å². The maximum atomic E-state index is 12.1. The first-order valence-corrected chi connectivity index (χ1v) is 7.20. The van der Waals surface area contributed by atoms with E-state index in [4.69, 9.17) is 0 Å². The summed E-state index contributed by atoms with van der Waals surface area (Å²) in [6.45, 7) is 0. The number of aromatic nitrogens is 7. The Bertz CT molecular complexity index is 1160. The minimum atomic E-state index is -0.697. The van der Waals surface area contributed by atoms with Gasteiger partial charge in [-0.2, -0.15) is 14.9 Å². The molecule has 9 nitrogen and oxygen atoms in total. The highest BCUT2D eigenvalue weighted by Gasteiger charge is 2.10. The molecule has 118 valence electrons. The van der Waals surface area contributed by atoms with E-state index in [0.717, 1.165) is 22.0 Å². The van der Waals surface area contributed by atoms with E-state index in [1.54, 1.807) is 29.3 Å². The van der Waals surface area contributed by atoms with Crippen molar-refractivity contribution in [2.45, 2.75) is 0 Å². The highest BCUT2D eigenvalue weighted by Crippen LogP contribution is 2.16. The van der Waals surface area contributed by atoms with Crippen LogP contribution in [0.1, 0.15) is 0 Å². The summed E-state index contributed by atoms with van der Waals surface area (Å²) >= 11 is 3.84. The van der Waals surface area contributed by atoms with Gasteiger partial charge in [0.05, 0.1) is 18.1 Å². The molecular weight excluding hydrogens is 330 g/mol. The Hall–Kier alpha value is -3.27. The molecule has 24 heavy (non-hydrogen) atoms. The molecule has 10 heteroatoms. The van der Waals surface area contributed by atoms with Gasteiger partial charge in [-0.3, -0.25) is 9.78 Å². The quantitative estimate of drug-likeness (QED) is 0.524. The average molecular weight is 339 g/mol. The van der Waals surface area contributed by atoms with Gasteiger partial charge in [0, 0.05) is 17.8 Å². The monoisotopic (exact) mass is 339 g/mol. The summed E-state index contributed by atoms with van der Waals surface area (Å²) in [5.41, 5.74) is 0.145. The fourth-order valence-electron chi connectivity index (χ4n) is 2.21. The van der Waals surface area contributed by atoms with Crippen LogP contribution in [-0.4, -0.2) is 33.5 Å². The van der Waals surface area contributed by atoms with Crippen molar-refractivity contribution in [1.82, 2.24) is 33.5 Å². The van der Waals surface area contributed by atoms with Crippen LogP contribution in [-0.2, 0) is 0 Å². The summed E-state index contributed by atoms with van der Waals surface area (Å²) < 4.78 is 3.33. The molecule has 0 bridgehead atoms. The maximum absolute atomic E-state index is 12.1. The van der Waals surface area contributed by atoms with Gasteiger partial charge in [-0.05, 0) is 18.2 Å². The Morgan fingerprint density at radius 2 is 2.00 bits per heavy atom. The summed E-state index contributed by atoms with van der Waals surface area (Å²) in [5.74, 6) is 0.265. The second-order valence-corrected chi connectivity index (χ2v) is 5.28. The first-order chi connectivity index (χ1) is 11.6. The van der Waals surface area contributed by atoms with Crippen LogP contribution >= 0.6 is 12.8 Å². The molecule has 4 heterocycles. The van der Waals surface area contributed by atoms with Crippen molar-refractivity contribution in [3.05, 3.63) is 70.0 Å². The Morgan fingerprint density at radius 1 is 1.12 bits per heavy atom. The van der Waals surface area contributed by atoms with Gasteiger partial charge in [-0.15, -0.1) is 0 Å². The molecule has 4 aromatic rings. The number of thiol groups is 1. The van der Waals surface area contributed by atoms with Crippen molar-refractivity contribution in [3.63, 3.8) is 0 Å². The summed E-state index contributed by atoms with van der Waals surface area (Å²) in [7, 11) is 0. The Morgan fingerprint density at radius 3 is 2.79 bits per heavy atom. The number of rotatable bonds is 2. The lowest BCUT2D eigenvalue weighted by molar-refractivity contribution is 0.718. The van der Waals surface area contributed by atoms with Gasteiger partial charge in [-0.25, -0.2) is 18.4 Å². The van der Waals surface area contributed by atoms with E-state index in [1.165, 1.54) is 6.20 Å². The fraction of sp³-hybridized carbons (Fsp3) is 0. The van der Waals surface area contributed by atoms with Crippen LogP contribution in [0.2, 0.25) is 0 Å². The molecule has 0 fully saturated rings. The van der Waals surface area contributed by atoms with Gasteiger partial charge < -0.3 is 0 Å². The number of pyridine rings is 2. The second kappa shape index (κ2) is 5.42. The van der Waals surface area contributed by atoms with Crippen molar-refractivity contribution in [2.24, 2.45) is 0 Å². The SMILES string of the molecule is O=c1cnn(-c2cc3cn(-c4cccnc4)nc3cn2)c(=O)n1S. The van der Waals surface area contributed by atoms with Crippen LogP contribution < -0.4 is 11.2 Å². The van der Waals surface area contributed by atoms with Crippen molar-refractivity contribution in [2.75, 3.05) is 0 Å². The first-order valence-electron chi connectivity index (χ1n) is 6.80. The molecular formula is C14H9N7O2S. The van der Waals surface area contributed by atoms with E-state index in [1.807, 2.05) is 12.1 Å². The molecule has 0 aromatic carbocycles. The Kier molecular flexibility index (Phi) is 3.24. The molecule has 0 aliphatic carbocycles. The normalized spacial score (nSPS) is 11.0. The third kappa shape index (κ3) is 2.29. The highest BCUT2D eigenvalue weighted by molar-refractivity contribution is 7.78. The van der Waals surface area contributed by atoms with Crippen molar-refractivity contribution in [3.8, 4) is 11.5 Å². The molecule has 0 spiro atoms. The molecule has 0 amide bonds. The predicted octanol–water partition coefficient (Wildman–Crippen LogP) is 0.216. The minimum absolute atomic E-state index is 0.265. The smallest absolute Gasteiger partial charge is 0.266 e. The number of hydrogen-bond acceptors (Lipinski definition) is 7. The lowest BCUT2D eigenvalue weighted by atomic mass is 10.3.